The summed E-state index contributed by atoms with van der Waals surface area (Å²) in [4.78, 5) is 14.1. The van der Waals surface area contributed by atoms with Crippen molar-refractivity contribution in [2.75, 3.05) is 6.54 Å². The summed E-state index contributed by atoms with van der Waals surface area (Å²) in [7, 11) is 0. The lowest BCUT2D eigenvalue weighted by Crippen LogP contribution is -2.40. The normalized spacial score (nSPS) is 23.4. The molecule has 0 aromatic heterocycles. The molecule has 110 valence electrons. The predicted molar refractivity (Wildman–Crippen MR) is 85.7 cm³/mol. The molecule has 5 heteroatoms. The minimum absolute atomic E-state index is 0.114. The van der Waals surface area contributed by atoms with Crippen molar-refractivity contribution in [2.45, 2.75) is 58.6 Å². The Hall–Kier alpha value is -0.0300. The van der Waals surface area contributed by atoms with Crippen LogP contribution < -0.4 is 0 Å². The molecule has 0 bridgehead atoms. The molecular weight excluding hydrogens is 374 g/mol. The van der Waals surface area contributed by atoms with Crippen molar-refractivity contribution < 1.29 is 9.53 Å². The van der Waals surface area contributed by atoms with Gasteiger partial charge < -0.3 is 9.64 Å². The Balaban J connectivity index is 2.81. The first-order valence-electron chi connectivity index (χ1n) is 6.77. The van der Waals surface area contributed by atoms with Gasteiger partial charge in [-0.05, 0) is 77.5 Å². The Labute approximate surface area is 133 Å². The summed E-state index contributed by atoms with van der Waals surface area (Å²) in [5.41, 5.74) is -0.445. The fraction of sp³-hybridized carbons (Fsp3) is 0.786. The lowest BCUT2D eigenvalue weighted by atomic mass is 9.95. The number of hydrogen-bond acceptors (Lipinski definition) is 2. The van der Waals surface area contributed by atoms with Gasteiger partial charge in [0.1, 0.15) is 5.60 Å². The fourth-order valence-corrected chi connectivity index (χ4v) is 3.00. The lowest BCUT2D eigenvalue weighted by Gasteiger charge is -2.29. The van der Waals surface area contributed by atoms with Gasteiger partial charge in [-0.3, -0.25) is 0 Å². The third-order valence-corrected chi connectivity index (χ3v) is 3.70. The van der Waals surface area contributed by atoms with Crippen molar-refractivity contribution in [1.82, 2.24) is 4.90 Å². The number of carbonyl (C=O) groups excluding carboxylic acids is 1. The van der Waals surface area contributed by atoms with Crippen LogP contribution in [0, 0.1) is 5.92 Å². The number of likely N-dealkylation sites (tertiary alicyclic amines) is 1. The summed E-state index contributed by atoms with van der Waals surface area (Å²) in [6, 6.07) is 0.114. The van der Waals surface area contributed by atoms with E-state index in [1.165, 1.54) is 0 Å². The third kappa shape index (κ3) is 5.46. The van der Waals surface area contributed by atoms with Gasteiger partial charge in [0.2, 0.25) is 0 Å². The second-order valence-electron chi connectivity index (χ2n) is 5.96. The zero-order valence-corrected chi connectivity index (χ0v) is 15.3. The highest BCUT2D eigenvalue weighted by molar-refractivity contribution is 9.28. The molecular formula is C14H23Br2NO2. The topological polar surface area (TPSA) is 29.5 Å². The SMILES string of the molecule is CCC[C@@H]1CCN(C(=O)OC(C)(C)C)[C@H]1C=C(Br)Br. The second kappa shape index (κ2) is 7.11. The van der Waals surface area contributed by atoms with Gasteiger partial charge in [-0.2, -0.15) is 0 Å². The van der Waals surface area contributed by atoms with Crippen molar-refractivity contribution in [2.24, 2.45) is 5.92 Å². The molecule has 19 heavy (non-hydrogen) atoms. The average Bonchev–Trinajstić information content (AvgIpc) is 2.59. The number of amides is 1. The van der Waals surface area contributed by atoms with E-state index in [0.29, 0.717) is 5.92 Å². The predicted octanol–water partition coefficient (Wildman–Crippen LogP) is 5.04. The van der Waals surface area contributed by atoms with Crippen LogP contribution in [-0.4, -0.2) is 29.2 Å². The molecule has 3 nitrogen and oxygen atoms in total. The molecule has 1 fully saturated rings. The maximum Gasteiger partial charge on any atom is 0.410 e. The van der Waals surface area contributed by atoms with Gasteiger partial charge in [-0.15, -0.1) is 0 Å². The van der Waals surface area contributed by atoms with Crippen LogP contribution in [0.1, 0.15) is 47.0 Å². The minimum Gasteiger partial charge on any atom is -0.444 e. The third-order valence-electron chi connectivity index (χ3n) is 3.17. The molecule has 1 saturated heterocycles. The van der Waals surface area contributed by atoms with E-state index in [9.17, 15) is 4.79 Å². The monoisotopic (exact) mass is 395 g/mol. The standard InChI is InChI=1S/C14H23Br2NO2/c1-5-6-10-7-8-17(11(10)9-12(15)16)13(18)19-14(2,3)4/h9-11H,5-8H2,1-4H3/t10-,11+/m1/s1. The summed E-state index contributed by atoms with van der Waals surface area (Å²) in [6.45, 7) is 8.65. The van der Waals surface area contributed by atoms with Crippen LogP contribution in [0.3, 0.4) is 0 Å². The minimum atomic E-state index is -0.445. The summed E-state index contributed by atoms with van der Waals surface area (Å²) in [5, 5.41) is 0. The molecule has 0 spiro atoms. The number of ether oxygens (including phenoxy) is 1. The second-order valence-corrected chi connectivity index (χ2v) is 8.73. The Morgan fingerprint density at radius 1 is 1.42 bits per heavy atom. The highest BCUT2D eigenvalue weighted by Crippen LogP contribution is 2.32. The molecule has 0 aromatic carbocycles. The molecule has 1 heterocycles. The molecule has 1 rings (SSSR count). The van der Waals surface area contributed by atoms with Crippen LogP contribution in [0.15, 0.2) is 9.47 Å². The van der Waals surface area contributed by atoms with Gasteiger partial charge in [-0.1, -0.05) is 13.3 Å². The molecule has 0 radical (unpaired) electrons. The highest BCUT2D eigenvalue weighted by Gasteiger charge is 2.37. The summed E-state index contributed by atoms with van der Waals surface area (Å²) in [5.74, 6) is 0.516. The van der Waals surface area contributed by atoms with Crippen LogP contribution in [0.25, 0.3) is 0 Å². The Kier molecular flexibility index (Phi) is 6.37. The van der Waals surface area contributed by atoms with E-state index in [1.807, 2.05) is 25.7 Å². The number of hydrogen-bond donors (Lipinski definition) is 0. The average molecular weight is 397 g/mol. The molecule has 0 aliphatic carbocycles. The van der Waals surface area contributed by atoms with E-state index in [0.717, 1.165) is 29.2 Å². The molecule has 0 saturated carbocycles. The number of halogens is 2. The number of carbonyl (C=O) groups is 1. The van der Waals surface area contributed by atoms with E-state index >= 15 is 0 Å². The van der Waals surface area contributed by atoms with E-state index in [1.54, 1.807) is 0 Å². The van der Waals surface area contributed by atoms with Gasteiger partial charge in [-0.25, -0.2) is 4.79 Å². The molecule has 1 aliphatic rings. The van der Waals surface area contributed by atoms with E-state index < -0.39 is 5.60 Å². The Bertz CT molecular complexity index is 346. The van der Waals surface area contributed by atoms with Crippen LogP contribution >= 0.6 is 31.9 Å². The van der Waals surface area contributed by atoms with E-state index in [2.05, 4.69) is 44.9 Å². The Morgan fingerprint density at radius 2 is 2.05 bits per heavy atom. The van der Waals surface area contributed by atoms with Crippen molar-refractivity contribution in [3.63, 3.8) is 0 Å². The van der Waals surface area contributed by atoms with Crippen LogP contribution in [0.4, 0.5) is 4.79 Å². The van der Waals surface area contributed by atoms with Crippen molar-refractivity contribution in [3.8, 4) is 0 Å². The first kappa shape index (κ1) is 17.0. The van der Waals surface area contributed by atoms with E-state index in [-0.39, 0.29) is 12.1 Å². The Morgan fingerprint density at radius 3 is 2.53 bits per heavy atom. The molecule has 2 atom stereocenters. The molecule has 0 aromatic rings. The van der Waals surface area contributed by atoms with Gasteiger partial charge >= 0.3 is 6.09 Å². The van der Waals surface area contributed by atoms with Crippen LogP contribution in [0.5, 0.6) is 0 Å². The van der Waals surface area contributed by atoms with Crippen LogP contribution in [0.2, 0.25) is 0 Å². The molecule has 1 amide bonds. The molecule has 0 N–H and O–H groups in total. The largest absolute Gasteiger partial charge is 0.444 e. The first-order chi connectivity index (χ1) is 8.74. The van der Waals surface area contributed by atoms with Gasteiger partial charge in [0, 0.05) is 6.54 Å². The maximum absolute atomic E-state index is 12.2. The number of rotatable bonds is 3. The quantitative estimate of drug-likeness (QED) is 0.668. The summed E-state index contributed by atoms with van der Waals surface area (Å²) < 4.78 is 6.38. The summed E-state index contributed by atoms with van der Waals surface area (Å²) >= 11 is 6.80. The van der Waals surface area contributed by atoms with Gasteiger partial charge in [0.15, 0.2) is 0 Å². The highest BCUT2D eigenvalue weighted by atomic mass is 79.9. The lowest BCUT2D eigenvalue weighted by molar-refractivity contribution is 0.0241. The van der Waals surface area contributed by atoms with Crippen LogP contribution in [-0.2, 0) is 4.74 Å². The smallest absolute Gasteiger partial charge is 0.410 e. The first-order valence-corrected chi connectivity index (χ1v) is 8.35. The van der Waals surface area contributed by atoms with Gasteiger partial charge in [0.25, 0.3) is 0 Å². The summed E-state index contributed by atoms with van der Waals surface area (Å²) in [6.07, 6.45) is 5.15. The molecule has 0 unspecified atom stereocenters. The van der Waals surface area contributed by atoms with Crippen molar-refractivity contribution >= 4 is 38.0 Å². The van der Waals surface area contributed by atoms with Crippen molar-refractivity contribution in [1.29, 1.82) is 0 Å². The maximum atomic E-state index is 12.2. The molecule has 1 aliphatic heterocycles. The van der Waals surface area contributed by atoms with Crippen molar-refractivity contribution in [3.05, 3.63) is 9.47 Å². The zero-order chi connectivity index (χ0) is 14.6. The fourth-order valence-electron chi connectivity index (χ4n) is 2.45. The number of nitrogens with zero attached hydrogens (tertiary/aromatic N) is 1. The van der Waals surface area contributed by atoms with Gasteiger partial charge in [0.05, 0.1) is 9.43 Å². The van der Waals surface area contributed by atoms with E-state index in [4.69, 9.17) is 4.74 Å². The zero-order valence-electron chi connectivity index (χ0n) is 12.1.